The van der Waals surface area contributed by atoms with E-state index in [0.29, 0.717) is 0 Å². The summed E-state index contributed by atoms with van der Waals surface area (Å²) in [6.45, 7) is 0. The van der Waals surface area contributed by atoms with Crippen molar-refractivity contribution in [1.82, 2.24) is 0 Å². The van der Waals surface area contributed by atoms with Gasteiger partial charge in [0.2, 0.25) is 0 Å². The molecule has 1 heterocycles. The zero-order chi connectivity index (χ0) is 20.7. The molecule has 3 aromatic carbocycles. The fraction of sp³-hybridized carbons (Fsp3) is 0.0435. The van der Waals surface area contributed by atoms with Gasteiger partial charge in [-0.3, -0.25) is 0 Å². The van der Waals surface area contributed by atoms with Crippen molar-refractivity contribution in [2.75, 3.05) is 5.75 Å². The Bertz CT molecular complexity index is 976. The Kier molecular flexibility index (Phi) is 7.28. The zero-order valence-electron chi connectivity index (χ0n) is 15.4. The molecule has 0 saturated heterocycles. The van der Waals surface area contributed by atoms with Crippen LogP contribution in [0.5, 0.6) is 0 Å². The largest absolute Gasteiger partial charge is 0.183 e. The van der Waals surface area contributed by atoms with E-state index in [4.69, 9.17) is 18.6 Å². The number of hydrogen-bond acceptors (Lipinski definition) is 5. The van der Waals surface area contributed by atoms with Gasteiger partial charge in [0.1, 0.15) is 0 Å². The number of rotatable bonds is 3. The zero-order valence-corrected chi connectivity index (χ0v) is 17.0. The lowest BCUT2D eigenvalue weighted by molar-refractivity contribution is -1.92. The summed E-state index contributed by atoms with van der Waals surface area (Å²) in [6, 6.07) is 32.2. The molecule has 1 aliphatic rings. The molecule has 0 amide bonds. The maximum Gasteiger partial charge on any atom is 0.0777 e. The second-order valence-corrected chi connectivity index (χ2v) is 7.84. The molecule has 0 spiro atoms. The Morgan fingerprint density at radius 1 is 0.655 bits per heavy atom. The lowest BCUT2D eigenvalue weighted by Gasteiger charge is -2.23. The quantitative estimate of drug-likeness (QED) is 0.693. The van der Waals surface area contributed by atoms with Gasteiger partial charge in [-0.2, -0.15) is 14.0 Å². The molecule has 4 rings (SSSR count). The van der Waals surface area contributed by atoms with Gasteiger partial charge < -0.3 is 0 Å². The van der Waals surface area contributed by atoms with Crippen LogP contribution in [-0.4, -0.2) is 10.4 Å². The van der Waals surface area contributed by atoms with Crippen molar-refractivity contribution in [1.29, 1.82) is 0 Å². The lowest BCUT2D eigenvalue weighted by Crippen LogP contribution is -2.58. The van der Waals surface area contributed by atoms with Crippen molar-refractivity contribution in [2.45, 2.75) is 0 Å². The number of halogens is 1. The van der Waals surface area contributed by atoms with E-state index in [9.17, 15) is 0 Å². The van der Waals surface area contributed by atoms with Gasteiger partial charge in [-0.1, -0.05) is 91.0 Å². The van der Waals surface area contributed by atoms with Crippen LogP contribution in [-0.2, 0) is 0 Å². The van der Waals surface area contributed by atoms with Crippen LogP contribution in [0.15, 0.2) is 96.4 Å². The normalized spacial score (nSPS) is 14.0. The maximum atomic E-state index is 8.60. The maximum absolute atomic E-state index is 8.60. The Morgan fingerprint density at radius 2 is 1.07 bits per heavy atom. The molecular formula is C23H19ClO4S. The van der Waals surface area contributed by atoms with Crippen molar-refractivity contribution < 1.29 is 28.9 Å². The summed E-state index contributed by atoms with van der Waals surface area (Å²) in [5.41, 5.74) is 7.95. The summed E-state index contributed by atoms with van der Waals surface area (Å²) in [5, 5.41) is 2.31. The van der Waals surface area contributed by atoms with Crippen LogP contribution in [0.2, 0.25) is 0 Å². The predicted octanol–water partition coefficient (Wildman–Crippen LogP) is 2.26. The Hall–Kier alpha value is -2.38. The van der Waals surface area contributed by atoms with E-state index in [0.717, 1.165) is 5.75 Å². The smallest absolute Gasteiger partial charge is 0.0777 e. The molecule has 0 aromatic heterocycles. The van der Waals surface area contributed by atoms with Gasteiger partial charge in [0.15, 0.2) is 0 Å². The molecule has 0 aliphatic carbocycles. The van der Waals surface area contributed by atoms with Gasteiger partial charge in [-0.05, 0) is 38.8 Å². The monoisotopic (exact) mass is 426 g/mol. The first-order chi connectivity index (χ1) is 13.9. The summed E-state index contributed by atoms with van der Waals surface area (Å²) < 4.78 is 32.7. The third-order valence-electron chi connectivity index (χ3n) is 4.27. The van der Waals surface area contributed by atoms with E-state index in [1.807, 2.05) is 11.8 Å². The van der Waals surface area contributed by atoms with Crippen LogP contribution in [0.1, 0.15) is 16.7 Å². The average molecular weight is 427 g/mol. The third-order valence-corrected chi connectivity index (χ3v) is 5.13. The van der Waals surface area contributed by atoms with Gasteiger partial charge in [-0.15, -0.1) is 11.8 Å². The third kappa shape index (κ3) is 6.30. The minimum Gasteiger partial charge on any atom is -0.183 e. The van der Waals surface area contributed by atoms with E-state index in [1.54, 1.807) is 0 Å². The average Bonchev–Trinajstić information content (AvgIpc) is 2.74. The highest BCUT2D eigenvalue weighted by molar-refractivity contribution is 8.02. The second-order valence-electron chi connectivity index (χ2n) is 6.19. The first-order valence-electron chi connectivity index (χ1n) is 8.78. The van der Waals surface area contributed by atoms with E-state index < -0.39 is 10.2 Å². The van der Waals surface area contributed by atoms with Gasteiger partial charge in [0.05, 0.1) is 14.9 Å². The predicted molar refractivity (Wildman–Crippen MR) is 109 cm³/mol. The summed E-state index contributed by atoms with van der Waals surface area (Å²) in [4.78, 5) is 0. The molecule has 0 atom stereocenters. The molecule has 3 aromatic rings. The molecule has 1 aliphatic heterocycles. The number of benzene rings is 3. The van der Waals surface area contributed by atoms with Crippen LogP contribution in [0.3, 0.4) is 0 Å². The van der Waals surface area contributed by atoms with Crippen LogP contribution in [0.4, 0.5) is 0 Å². The van der Waals surface area contributed by atoms with Gasteiger partial charge in [-0.25, -0.2) is 0 Å². The summed E-state index contributed by atoms with van der Waals surface area (Å²) in [6.07, 6.45) is 0. The van der Waals surface area contributed by atoms with E-state index >= 15 is 0 Å². The molecule has 0 unspecified atom stereocenters. The second kappa shape index (κ2) is 9.89. The molecule has 0 saturated carbocycles. The molecule has 29 heavy (non-hydrogen) atoms. The van der Waals surface area contributed by atoms with Gasteiger partial charge in [0, 0.05) is 5.75 Å². The van der Waals surface area contributed by atoms with Crippen LogP contribution in [0.25, 0.3) is 16.7 Å². The summed E-state index contributed by atoms with van der Waals surface area (Å²) >= 11 is 1.88. The fourth-order valence-electron chi connectivity index (χ4n) is 3.13. The summed E-state index contributed by atoms with van der Waals surface area (Å²) in [7, 11) is -4.69. The molecule has 4 nitrogen and oxygen atoms in total. The highest BCUT2D eigenvalue weighted by Crippen LogP contribution is 2.43. The molecule has 0 fully saturated rings. The minimum absolute atomic E-state index is 1.00. The van der Waals surface area contributed by atoms with Crippen molar-refractivity contribution in [3.8, 4) is 0 Å². The first-order valence-corrected chi connectivity index (χ1v) is 11.1. The molecule has 6 heteroatoms. The van der Waals surface area contributed by atoms with Crippen LogP contribution < -0.4 is 14.0 Å². The van der Waals surface area contributed by atoms with Crippen LogP contribution in [0, 0.1) is 10.2 Å². The van der Waals surface area contributed by atoms with Gasteiger partial charge >= 0.3 is 0 Å². The number of thioether (sulfide) groups is 1. The van der Waals surface area contributed by atoms with E-state index in [1.165, 1.54) is 33.4 Å². The van der Waals surface area contributed by atoms with Crippen LogP contribution >= 0.6 is 11.8 Å². The Balaban J connectivity index is 0.000000431. The highest BCUT2D eigenvalue weighted by atomic mass is 35.7. The molecule has 148 valence electrons. The van der Waals surface area contributed by atoms with Crippen molar-refractivity contribution in [3.05, 3.63) is 113 Å². The fourth-order valence-corrected chi connectivity index (χ4v) is 4.12. The highest BCUT2D eigenvalue weighted by Gasteiger charge is 2.20. The Labute approximate surface area is 176 Å². The summed E-state index contributed by atoms with van der Waals surface area (Å²) in [5.74, 6) is 1.00. The standard InChI is InChI=1S/C23H18S.ClHO4/c1-4-10-18(11-5-1)21-16-24-17-22(19-12-6-2-7-13-19)23(21)20-14-8-3-9-15-20;2-1(3,4)5/h1-16H,17H2;(H,2,3,4,5). The number of hydrogen-bond donors (Lipinski definition) is 1. The SMILES string of the molecule is C1=C(c2ccccc2)C(c2ccccc2)=C(c2ccccc2)CS1.[O-][Cl+3]([O-])([O-])O. The topological polar surface area (TPSA) is 89.4 Å². The van der Waals surface area contributed by atoms with Crippen molar-refractivity contribution in [2.24, 2.45) is 0 Å². The molecular weight excluding hydrogens is 408 g/mol. The minimum atomic E-state index is -4.69. The first kappa shape index (κ1) is 21.3. The van der Waals surface area contributed by atoms with E-state index in [2.05, 4.69) is 96.4 Å². The molecule has 0 radical (unpaired) electrons. The van der Waals surface area contributed by atoms with E-state index in [-0.39, 0.29) is 0 Å². The number of allylic oxidation sites excluding steroid dienone is 2. The molecule has 0 bridgehead atoms. The van der Waals surface area contributed by atoms with Crippen molar-refractivity contribution >= 4 is 28.5 Å². The van der Waals surface area contributed by atoms with Crippen molar-refractivity contribution in [3.63, 3.8) is 0 Å². The Morgan fingerprint density at radius 3 is 1.55 bits per heavy atom. The van der Waals surface area contributed by atoms with Gasteiger partial charge in [0.25, 0.3) is 0 Å². The molecule has 1 N–H and O–H groups in total. The lowest BCUT2D eigenvalue weighted by atomic mass is 9.87.